The summed E-state index contributed by atoms with van der Waals surface area (Å²) in [6.07, 6.45) is 35.3. The molecule has 0 radical (unpaired) electrons. The lowest BCUT2D eigenvalue weighted by Crippen LogP contribution is -2.45. The largest absolute Gasteiger partial charge is 0.472 e. The highest BCUT2D eigenvalue weighted by Crippen LogP contribution is 2.43. The molecule has 0 fully saturated rings. The number of hydrogen-bond donors (Lipinski definition) is 3. The molecule has 0 saturated carbocycles. The first kappa shape index (κ1) is 47.0. The van der Waals surface area contributed by atoms with E-state index in [1.807, 2.05) is 27.2 Å². The summed E-state index contributed by atoms with van der Waals surface area (Å²) in [4.78, 5) is 22.9. The summed E-state index contributed by atoms with van der Waals surface area (Å²) in [6.45, 7) is 4.75. The van der Waals surface area contributed by atoms with E-state index >= 15 is 0 Å². The lowest BCUT2D eigenvalue weighted by molar-refractivity contribution is -0.870. The first-order chi connectivity index (χ1) is 23.0. The Kier molecular flexibility index (Phi) is 31.2. The molecule has 3 N–H and O–H groups in total. The summed E-state index contributed by atoms with van der Waals surface area (Å²) < 4.78 is 23.4. The third-order valence-corrected chi connectivity index (χ3v) is 9.66. The summed E-state index contributed by atoms with van der Waals surface area (Å²) in [7, 11) is 1.55. The Labute approximate surface area is 296 Å². The van der Waals surface area contributed by atoms with Crippen LogP contribution in [0.2, 0.25) is 0 Å². The van der Waals surface area contributed by atoms with E-state index in [1.54, 1.807) is 6.08 Å². The molecule has 0 bridgehead atoms. The summed E-state index contributed by atoms with van der Waals surface area (Å²) in [5.41, 5.74) is 0. The lowest BCUT2D eigenvalue weighted by Gasteiger charge is -2.25. The maximum Gasteiger partial charge on any atom is 0.472 e. The van der Waals surface area contributed by atoms with Crippen molar-refractivity contribution in [3.05, 3.63) is 24.3 Å². The van der Waals surface area contributed by atoms with Gasteiger partial charge in [-0.15, -0.1) is 0 Å². The Balaban J connectivity index is 4.52. The first-order valence-electron chi connectivity index (χ1n) is 19.7. The summed E-state index contributed by atoms with van der Waals surface area (Å²) in [5.74, 6) is -0.192. The Hall–Kier alpha value is -1.02. The van der Waals surface area contributed by atoms with Crippen LogP contribution in [0.3, 0.4) is 0 Å². The van der Waals surface area contributed by atoms with Gasteiger partial charge in [0.2, 0.25) is 5.91 Å². The summed E-state index contributed by atoms with van der Waals surface area (Å²) >= 11 is 0. The average molecular weight is 702 g/mol. The van der Waals surface area contributed by atoms with E-state index in [1.165, 1.54) is 109 Å². The van der Waals surface area contributed by atoms with Crippen molar-refractivity contribution in [1.82, 2.24) is 5.32 Å². The quantitative estimate of drug-likeness (QED) is 0.0263. The number of aliphatic hydroxyl groups excluding tert-OH is 1. The van der Waals surface area contributed by atoms with Gasteiger partial charge in [-0.05, 0) is 32.1 Å². The zero-order chi connectivity index (χ0) is 35.8. The van der Waals surface area contributed by atoms with Crippen molar-refractivity contribution in [1.29, 1.82) is 0 Å². The zero-order valence-electron chi connectivity index (χ0n) is 32.0. The fraction of sp³-hybridized carbons (Fsp3) is 0.872. The van der Waals surface area contributed by atoms with Crippen LogP contribution in [0.1, 0.15) is 168 Å². The normalized spacial score (nSPS) is 14.9. The van der Waals surface area contributed by atoms with Crippen molar-refractivity contribution in [2.75, 3.05) is 40.9 Å². The number of carbonyl (C=O) groups is 1. The van der Waals surface area contributed by atoms with E-state index in [2.05, 4.69) is 31.3 Å². The molecule has 9 heteroatoms. The Morgan fingerprint density at radius 2 is 1.15 bits per heavy atom. The van der Waals surface area contributed by atoms with Crippen LogP contribution in [0.15, 0.2) is 24.3 Å². The number of phosphoric acid groups is 1. The predicted molar refractivity (Wildman–Crippen MR) is 203 cm³/mol. The van der Waals surface area contributed by atoms with Gasteiger partial charge in [0.15, 0.2) is 0 Å². The first-order valence-corrected chi connectivity index (χ1v) is 21.2. The SMILES string of the molecule is CCCCCCCCCCCCC/C=C/CC/C=C/[C@H](O)[C@@H](COP(=O)(O)OCC[N+](C)(C)C)NC(=O)CCCCCCCCCCC. The zero-order valence-corrected chi connectivity index (χ0v) is 32.9. The van der Waals surface area contributed by atoms with E-state index in [0.717, 1.165) is 38.5 Å². The Morgan fingerprint density at radius 1 is 0.688 bits per heavy atom. The Bertz CT molecular complexity index is 845. The maximum atomic E-state index is 12.7. The predicted octanol–water partition coefficient (Wildman–Crippen LogP) is 10.2. The summed E-state index contributed by atoms with van der Waals surface area (Å²) in [6, 6.07) is -0.855. The van der Waals surface area contributed by atoms with Gasteiger partial charge in [0.05, 0.1) is 39.9 Å². The molecule has 0 aliphatic rings. The van der Waals surface area contributed by atoms with Crippen LogP contribution in [0.4, 0.5) is 0 Å². The third-order valence-electron chi connectivity index (χ3n) is 8.67. The number of nitrogens with one attached hydrogen (secondary N) is 1. The number of unbranched alkanes of at least 4 members (excludes halogenated alkanes) is 20. The molecule has 1 unspecified atom stereocenters. The number of rotatable bonds is 35. The molecule has 0 aromatic rings. The molecule has 0 heterocycles. The number of quaternary nitrogens is 1. The van der Waals surface area contributed by atoms with Crippen LogP contribution >= 0.6 is 7.82 Å². The van der Waals surface area contributed by atoms with Gasteiger partial charge in [0.25, 0.3) is 0 Å². The highest BCUT2D eigenvalue weighted by Gasteiger charge is 2.27. The van der Waals surface area contributed by atoms with Gasteiger partial charge in [-0.3, -0.25) is 13.8 Å². The molecule has 1 amide bonds. The van der Waals surface area contributed by atoms with Gasteiger partial charge in [-0.2, -0.15) is 0 Å². The van der Waals surface area contributed by atoms with Crippen LogP contribution in [0.25, 0.3) is 0 Å². The number of aliphatic hydroxyl groups is 1. The molecule has 0 aromatic carbocycles. The van der Waals surface area contributed by atoms with Gasteiger partial charge in [0, 0.05) is 6.42 Å². The number of carbonyl (C=O) groups excluding carboxylic acids is 1. The van der Waals surface area contributed by atoms with Gasteiger partial charge in [0.1, 0.15) is 13.2 Å². The van der Waals surface area contributed by atoms with Crippen LogP contribution in [0, 0.1) is 0 Å². The molecule has 0 rings (SSSR count). The highest BCUT2D eigenvalue weighted by molar-refractivity contribution is 7.47. The molecule has 0 saturated heterocycles. The molecule has 3 atom stereocenters. The van der Waals surface area contributed by atoms with Crippen LogP contribution in [-0.2, 0) is 18.4 Å². The fourth-order valence-electron chi connectivity index (χ4n) is 5.47. The minimum Gasteiger partial charge on any atom is -0.387 e. The number of likely N-dealkylation sites (N-methyl/N-ethyl adjacent to an activating group) is 1. The van der Waals surface area contributed by atoms with Crippen molar-refractivity contribution in [2.24, 2.45) is 0 Å². The molecule has 8 nitrogen and oxygen atoms in total. The lowest BCUT2D eigenvalue weighted by atomic mass is 10.1. The highest BCUT2D eigenvalue weighted by atomic mass is 31.2. The van der Waals surface area contributed by atoms with Crippen molar-refractivity contribution in [3.8, 4) is 0 Å². The number of hydrogen-bond acceptors (Lipinski definition) is 5. The number of amides is 1. The van der Waals surface area contributed by atoms with Crippen molar-refractivity contribution in [3.63, 3.8) is 0 Å². The average Bonchev–Trinajstić information content (AvgIpc) is 3.02. The fourth-order valence-corrected chi connectivity index (χ4v) is 6.20. The van der Waals surface area contributed by atoms with Crippen molar-refractivity contribution in [2.45, 2.75) is 180 Å². The molecular weight excluding hydrogens is 623 g/mol. The molecular formula is C39H78N2O6P+. The second-order valence-electron chi connectivity index (χ2n) is 14.7. The smallest absolute Gasteiger partial charge is 0.387 e. The molecule has 0 aromatic heterocycles. The second-order valence-corrected chi connectivity index (χ2v) is 16.1. The van der Waals surface area contributed by atoms with Gasteiger partial charge >= 0.3 is 7.82 Å². The minimum atomic E-state index is -4.33. The molecule has 48 heavy (non-hydrogen) atoms. The van der Waals surface area contributed by atoms with Crippen LogP contribution < -0.4 is 5.32 Å². The second kappa shape index (κ2) is 31.9. The molecule has 0 aliphatic carbocycles. The standard InChI is InChI=1S/C39H77N2O6P/c1-6-8-10-12-14-16-17-18-19-20-21-22-23-25-26-28-30-32-38(42)37(36-47-48(44,45)46-35-34-41(3,4)5)40-39(43)33-31-29-27-24-15-13-11-9-7-2/h23,25,30,32,37-38,42H,6-22,24,26-29,31,33-36H2,1-5H3,(H-,40,43,44,45)/p+1/b25-23+,32-30+/t37-,38+/m1/s1. The number of nitrogens with zero attached hydrogens (tertiary/aromatic N) is 1. The van der Waals surface area contributed by atoms with E-state index in [-0.39, 0.29) is 19.1 Å². The topological polar surface area (TPSA) is 105 Å². The van der Waals surface area contributed by atoms with Crippen molar-refractivity contribution < 1.29 is 32.9 Å². The van der Waals surface area contributed by atoms with Crippen LogP contribution in [0.5, 0.6) is 0 Å². The summed E-state index contributed by atoms with van der Waals surface area (Å²) in [5, 5.41) is 13.7. The Morgan fingerprint density at radius 3 is 1.67 bits per heavy atom. The van der Waals surface area contributed by atoms with Crippen molar-refractivity contribution >= 4 is 13.7 Å². The van der Waals surface area contributed by atoms with Crippen LogP contribution in [-0.4, -0.2) is 73.4 Å². The molecule has 0 aliphatic heterocycles. The number of phosphoric ester groups is 1. The minimum absolute atomic E-state index is 0.0577. The maximum absolute atomic E-state index is 12.7. The van der Waals surface area contributed by atoms with E-state index in [0.29, 0.717) is 17.4 Å². The van der Waals surface area contributed by atoms with Gasteiger partial charge < -0.3 is 19.8 Å². The van der Waals surface area contributed by atoms with E-state index < -0.39 is 20.0 Å². The number of allylic oxidation sites excluding steroid dienone is 3. The monoisotopic (exact) mass is 702 g/mol. The van der Waals surface area contributed by atoms with Gasteiger partial charge in [-0.25, -0.2) is 4.57 Å². The van der Waals surface area contributed by atoms with Gasteiger partial charge in [-0.1, -0.05) is 154 Å². The molecule has 284 valence electrons. The van der Waals surface area contributed by atoms with E-state index in [9.17, 15) is 19.4 Å². The third kappa shape index (κ3) is 33.5. The molecule has 0 spiro atoms. The van der Waals surface area contributed by atoms with E-state index in [4.69, 9.17) is 9.05 Å².